The van der Waals surface area contributed by atoms with Crippen molar-refractivity contribution in [3.8, 4) is 12.3 Å². The highest BCUT2D eigenvalue weighted by Gasteiger charge is 1.96. The van der Waals surface area contributed by atoms with Crippen LogP contribution in [0.3, 0.4) is 0 Å². The highest BCUT2D eigenvalue weighted by molar-refractivity contribution is 6.29. The minimum absolute atomic E-state index is 0.369. The maximum Gasteiger partial charge on any atom is 0.300 e. The van der Waals surface area contributed by atoms with Crippen LogP contribution in [0.15, 0.2) is 18.3 Å². The molecule has 0 aromatic carbocycles. The summed E-state index contributed by atoms with van der Waals surface area (Å²) in [5.41, 5.74) is 0.530. The molecule has 0 aliphatic heterocycles. The first-order valence-electron chi connectivity index (χ1n) is 3.11. The van der Waals surface area contributed by atoms with E-state index in [9.17, 15) is 4.79 Å². The van der Waals surface area contributed by atoms with E-state index in [1.807, 2.05) is 5.92 Å². The van der Waals surface area contributed by atoms with E-state index in [2.05, 4.69) is 10.3 Å². The summed E-state index contributed by atoms with van der Waals surface area (Å²) < 4.78 is 0. The van der Waals surface area contributed by atoms with E-state index in [1.54, 1.807) is 12.1 Å². The Morgan fingerprint density at radius 2 is 2.42 bits per heavy atom. The maximum atomic E-state index is 10.7. The van der Waals surface area contributed by atoms with Crippen molar-refractivity contribution in [3.63, 3.8) is 0 Å². The molecular weight excluding hydrogens is 176 g/mol. The summed E-state index contributed by atoms with van der Waals surface area (Å²) >= 11 is 5.52. The van der Waals surface area contributed by atoms with Gasteiger partial charge in [0.25, 0.3) is 5.91 Å². The standard InChI is InChI=1S/C8H5ClN2O/c1-2-8(12)11-6-3-4-7(9)10-5-6/h1,3-5H,(H,11,12). The number of rotatable bonds is 1. The molecule has 0 saturated carbocycles. The topological polar surface area (TPSA) is 42.0 Å². The first-order chi connectivity index (χ1) is 5.72. The van der Waals surface area contributed by atoms with Gasteiger partial charge in [0.15, 0.2) is 0 Å². The van der Waals surface area contributed by atoms with Gasteiger partial charge in [-0.05, 0) is 18.1 Å². The number of carbonyl (C=O) groups excluding carboxylic acids is 1. The van der Waals surface area contributed by atoms with Gasteiger partial charge < -0.3 is 5.32 Å². The van der Waals surface area contributed by atoms with Gasteiger partial charge in [0.1, 0.15) is 5.15 Å². The molecule has 3 nitrogen and oxygen atoms in total. The Balaban J connectivity index is 2.73. The summed E-state index contributed by atoms with van der Waals surface area (Å²) in [4.78, 5) is 14.4. The van der Waals surface area contributed by atoms with E-state index in [-0.39, 0.29) is 0 Å². The van der Waals surface area contributed by atoms with Crippen LogP contribution in [0.25, 0.3) is 0 Å². The Morgan fingerprint density at radius 1 is 1.67 bits per heavy atom. The first-order valence-corrected chi connectivity index (χ1v) is 3.49. The van der Waals surface area contributed by atoms with E-state index in [0.717, 1.165) is 0 Å². The molecule has 0 saturated heterocycles. The molecule has 1 aromatic rings. The van der Waals surface area contributed by atoms with E-state index in [0.29, 0.717) is 10.8 Å². The van der Waals surface area contributed by atoms with Crippen molar-refractivity contribution >= 4 is 23.2 Å². The van der Waals surface area contributed by atoms with E-state index in [1.165, 1.54) is 6.20 Å². The first kappa shape index (κ1) is 8.57. The molecule has 1 N–H and O–H groups in total. The van der Waals surface area contributed by atoms with Gasteiger partial charge in [0.05, 0.1) is 11.9 Å². The molecule has 0 aliphatic carbocycles. The van der Waals surface area contributed by atoms with Gasteiger partial charge in [-0.2, -0.15) is 0 Å². The van der Waals surface area contributed by atoms with Crippen molar-refractivity contribution < 1.29 is 4.79 Å². The second-order valence-corrected chi connectivity index (χ2v) is 2.36. The number of hydrogen-bond acceptors (Lipinski definition) is 2. The highest BCUT2D eigenvalue weighted by Crippen LogP contribution is 2.08. The van der Waals surface area contributed by atoms with Crippen molar-refractivity contribution in [3.05, 3.63) is 23.5 Å². The molecular formula is C8H5ClN2O. The molecule has 0 atom stereocenters. The third-order valence-electron chi connectivity index (χ3n) is 1.12. The van der Waals surface area contributed by atoms with Crippen LogP contribution >= 0.6 is 11.6 Å². The van der Waals surface area contributed by atoms with Crippen molar-refractivity contribution in [2.45, 2.75) is 0 Å². The minimum Gasteiger partial charge on any atom is -0.314 e. The van der Waals surface area contributed by atoms with E-state index < -0.39 is 5.91 Å². The van der Waals surface area contributed by atoms with Crippen LogP contribution in [0.5, 0.6) is 0 Å². The lowest BCUT2D eigenvalue weighted by atomic mass is 10.4. The van der Waals surface area contributed by atoms with Crippen LogP contribution in [0.2, 0.25) is 5.15 Å². The van der Waals surface area contributed by atoms with Crippen molar-refractivity contribution in [2.75, 3.05) is 5.32 Å². The molecule has 1 heterocycles. The van der Waals surface area contributed by atoms with E-state index >= 15 is 0 Å². The summed E-state index contributed by atoms with van der Waals surface area (Å²) in [7, 11) is 0. The van der Waals surface area contributed by atoms with E-state index in [4.69, 9.17) is 18.0 Å². The molecule has 0 spiro atoms. The van der Waals surface area contributed by atoms with Gasteiger partial charge in [0.2, 0.25) is 0 Å². The van der Waals surface area contributed by atoms with Crippen LogP contribution in [0, 0.1) is 12.3 Å². The number of aromatic nitrogens is 1. The molecule has 60 valence electrons. The van der Waals surface area contributed by atoms with Crippen LogP contribution in [0.1, 0.15) is 0 Å². The van der Waals surface area contributed by atoms with Gasteiger partial charge in [-0.1, -0.05) is 11.6 Å². The van der Waals surface area contributed by atoms with Gasteiger partial charge in [-0.15, -0.1) is 6.42 Å². The summed E-state index contributed by atoms with van der Waals surface area (Å²) in [5.74, 6) is 1.42. The fourth-order valence-electron chi connectivity index (χ4n) is 0.617. The Hall–Kier alpha value is -1.53. The Bertz CT molecular complexity index is 326. The third-order valence-corrected chi connectivity index (χ3v) is 1.34. The van der Waals surface area contributed by atoms with Crippen LogP contribution in [0.4, 0.5) is 5.69 Å². The Kier molecular flexibility index (Phi) is 2.67. The minimum atomic E-state index is -0.501. The van der Waals surface area contributed by atoms with Crippen molar-refractivity contribution in [1.82, 2.24) is 4.98 Å². The van der Waals surface area contributed by atoms with Crippen molar-refractivity contribution in [1.29, 1.82) is 0 Å². The molecule has 0 unspecified atom stereocenters. The number of pyridine rings is 1. The molecule has 12 heavy (non-hydrogen) atoms. The van der Waals surface area contributed by atoms with Crippen LogP contribution < -0.4 is 5.32 Å². The molecule has 4 heteroatoms. The zero-order valence-corrected chi connectivity index (χ0v) is 6.80. The summed E-state index contributed by atoms with van der Waals surface area (Å²) in [6.07, 6.45) is 6.27. The second-order valence-electron chi connectivity index (χ2n) is 1.97. The molecule has 0 radical (unpaired) electrons. The summed E-state index contributed by atoms with van der Waals surface area (Å²) in [6, 6.07) is 3.18. The molecule has 0 aliphatic rings. The molecule has 1 rings (SSSR count). The monoisotopic (exact) mass is 180 g/mol. The average molecular weight is 181 g/mol. The number of hydrogen-bond donors (Lipinski definition) is 1. The Labute approximate surface area is 74.8 Å². The van der Waals surface area contributed by atoms with Crippen LogP contribution in [-0.4, -0.2) is 10.9 Å². The Morgan fingerprint density at radius 3 is 2.92 bits per heavy atom. The fourth-order valence-corrected chi connectivity index (χ4v) is 0.729. The van der Waals surface area contributed by atoms with Gasteiger partial charge in [0, 0.05) is 0 Å². The zero-order valence-electron chi connectivity index (χ0n) is 6.04. The number of carbonyl (C=O) groups is 1. The second kappa shape index (κ2) is 3.74. The predicted molar refractivity (Wildman–Crippen MR) is 46.7 cm³/mol. The average Bonchev–Trinajstić information content (AvgIpc) is 2.09. The number of nitrogens with one attached hydrogen (secondary N) is 1. The van der Waals surface area contributed by atoms with Crippen molar-refractivity contribution in [2.24, 2.45) is 0 Å². The molecule has 1 amide bonds. The lowest BCUT2D eigenvalue weighted by Crippen LogP contribution is -2.07. The lowest BCUT2D eigenvalue weighted by molar-refractivity contribution is -0.111. The fraction of sp³-hybridized carbons (Fsp3) is 0. The van der Waals surface area contributed by atoms with Gasteiger partial charge in [-0.3, -0.25) is 4.79 Å². The largest absolute Gasteiger partial charge is 0.314 e. The smallest absolute Gasteiger partial charge is 0.300 e. The summed E-state index contributed by atoms with van der Waals surface area (Å²) in [6.45, 7) is 0. The zero-order chi connectivity index (χ0) is 8.97. The number of halogens is 1. The quantitative estimate of drug-likeness (QED) is 0.523. The number of amides is 1. The molecule has 0 bridgehead atoms. The lowest BCUT2D eigenvalue weighted by Gasteiger charge is -1.98. The molecule has 1 aromatic heterocycles. The van der Waals surface area contributed by atoms with Gasteiger partial charge in [-0.25, -0.2) is 4.98 Å². The molecule has 0 fully saturated rings. The predicted octanol–water partition coefficient (Wildman–Crippen LogP) is 1.31. The summed E-state index contributed by atoms with van der Waals surface area (Å²) in [5, 5.41) is 2.79. The number of terminal acetylenes is 1. The number of nitrogens with zero attached hydrogens (tertiary/aromatic N) is 1. The normalized spacial score (nSPS) is 8.67. The highest BCUT2D eigenvalue weighted by atomic mass is 35.5. The van der Waals surface area contributed by atoms with Gasteiger partial charge >= 0.3 is 0 Å². The number of anilines is 1. The SMILES string of the molecule is C#CC(=O)Nc1ccc(Cl)nc1. The van der Waals surface area contributed by atoms with Crippen LogP contribution in [-0.2, 0) is 4.79 Å². The maximum absolute atomic E-state index is 10.7. The third kappa shape index (κ3) is 2.26.